The molecule has 0 radical (unpaired) electrons. The van der Waals surface area contributed by atoms with Gasteiger partial charge in [-0.2, -0.15) is 0 Å². The lowest BCUT2D eigenvalue weighted by Crippen LogP contribution is -2.40. The molecule has 2 nitrogen and oxygen atoms in total. The minimum absolute atomic E-state index is 0.212. The SMILES string of the molecule is O[C@H]1CCNC[C@H]1Cc1cc(Br)ccc1Cl. The zero-order valence-corrected chi connectivity index (χ0v) is 11.3. The highest BCUT2D eigenvalue weighted by Gasteiger charge is 2.23. The van der Waals surface area contributed by atoms with Gasteiger partial charge in [0.2, 0.25) is 0 Å². The largest absolute Gasteiger partial charge is 0.393 e. The van der Waals surface area contributed by atoms with Gasteiger partial charge in [0.25, 0.3) is 0 Å². The molecule has 1 aliphatic heterocycles. The lowest BCUT2D eigenvalue weighted by molar-refractivity contribution is 0.0791. The predicted molar refractivity (Wildman–Crippen MR) is 69.8 cm³/mol. The van der Waals surface area contributed by atoms with Crippen LogP contribution in [0.2, 0.25) is 5.02 Å². The summed E-state index contributed by atoms with van der Waals surface area (Å²) < 4.78 is 1.03. The van der Waals surface area contributed by atoms with Crippen molar-refractivity contribution in [2.75, 3.05) is 13.1 Å². The van der Waals surface area contributed by atoms with Crippen molar-refractivity contribution >= 4 is 27.5 Å². The standard InChI is InChI=1S/C12H15BrClNO/c13-10-1-2-11(14)8(6-10)5-9-7-15-4-3-12(9)16/h1-2,6,9,12,15-16H,3-5,7H2/t9-,12+/m1/s1. The van der Waals surface area contributed by atoms with Crippen molar-refractivity contribution in [1.29, 1.82) is 0 Å². The van der Waals surface area contributed by atoms with E-state index in [1.807, 2.05) is 18.2 Å². The van der Waals surface area contributed by atoms with E-state index in [9.17, 15) is 5.11 Å². The first-order valence-electron chi connectivity index (χ1n) is 5.49. The highest BCUT2D eigenvalue weighted by molar-refractivity contribution is 9.10. The van der Waals surface area contributed by atoms with Crippen LogP contribution in [0.3, 0.4) is 0 Å². The Morgan fingerprint density at radius 1 is 1.50 bits per heavy atom. The van der Waals surface area contributed by atoms with E-state index in [4.69, 9.17) is 11.6 Å². The van der Waals surface area contributed by atoms with Crippen LogP contribution in [0.4, 0.5) is 0 Å². The molecule has 0 aromatic heterocycles. The van der Waals surface area contributed by atoms with E-state index in [2.05, 4.69) is 21.2 Å². The molecule has 1 fully saturated rings. The molecule has 4 heteroatoms. The second-order valence-corrected chi connectivity index (χ2v) is 5.58. The van der Waals surface area contributed by atoms with Gasteiger partial charge in [0.1, 0.15) is 0 Å². The molecule has 0 saturated carbocycles. The van der Waals surface area contributed by atoms with Crippen LogP contribution >= 0.6 is 27.5 Å². The Morgan fingerprint density at radius 2 is 2.31 bits per heavy atom. The Bertz CT molecular complexity index is 372. The fraction of sp³-hybridized carbons (Fsp3) is 0.500. The third-order valence-corrected chi connectivity index (χ3v) is 3.92. The lowest BCUT2D eigenvalue weighted by Gasteiger charge is -2.28. The van der Waals surface area contributed by atoms with Crippen molar-refractivity contribution in [3.8, 4) is 0 Å². The highest BCUT2D eigenvalue weighted by Crippen LogP contribution is 2.25. The van der Waals surface area contributed by atoms with E-state index < -0.39 is 0 Å². The van der Waals surface area contributed by atoms with Crippen molar-refractivity contribution in [3.05, 3.63) is 33.3 Å². The van der Waals surface area contributed by atoms with Gasteiger partial charge in [-0.15, -0.1) is 0 Å². The summed E-state index contributed by atoms with van der Waals surface area (Å²) in [6, 6.07) is 5.86. The minimum atomic E-state index is -0.212. The number of rotatable bonds is 2. The Morgan fingerprint density at radius 3 is 3.06 bits per heavy atom. The molecular weight excluding hydrogens is 289 g/mol. The van der Waals surface area contributed by atoms with Crippen molar-refractivity contribution in [1.82, 2.24) is 5.32 Å². The van der Waals surface area contributed by atoms with Gasteiger partial charge < -0.3 is 10.4 Å². The molecule has 1 aromatic carbocycles. The first-order chi connectivity index (χ1) is 7.66. The zero-order chi connectivity index (χ0) is 11.5. The van der Waals surface area contributed by atoms with Crippen molar-refractivity contribution in [2.45, 2.75) is 18.9 Å². The summed E-state index contributed by atoms with van der Waals surface area (Å²) in [5, 5.41) is 14.0. The zero-order valence-electron chi connectivity index (χ0n) is 8.92. The second-order valence-electron chi connectivity index (χ2n) is 4.26. The van der Waals surface area contributed by atoms with Gasteiger partial charge in [0.05, 0.1) is 6.10 Å². The van der Waals surface area contributed by atoms with Gasteiger partial charge in [-0.3, -0.25) is 0 Å². The molecule has 0 aliphatic carbocycles. The van der Waals surface area contributed by atoms with E-state index >= 15 is 0 Å². The van der Waals surface area contributed by atoms with E-state index in [1.54, 1.807) is 0 Å². The fourth-order valence-corrected chi connectivity index (χ4v) is 2.70. The molecule has 2 rings (SSSR count). The van der Waals surface area contributed by atoms with Crippen LogP contribution in [0, 0.1) is 5.92 Å². The summed E-state index contributed by atoms with van der Waals surface area (Å²) in [4.78, 5) is 0. The Hall–Kier alpha value is -0.0900. The number of nitrogens with one attached hydrogen (secondary N) is 1. The van der Waals surface area contributed by atoms with Crippen LogP contribution < -0.4 is 5.32 Å². The third kappa shape index (κ3) is 2.98. The van der Waals surface area contributed by atoms with Gasteiger partial charge >= 0.3 is 0 Å². The van der Waals surface area contributed by atoms with E-state index in [1.165, 1.54) is 0 Å². The average molecular weight is 305 g/mol. The Labute approximate surface area is 109 Å². The average Bonchev–Trinajstić information content (AvgIpc) is 2.27. The van der Waals surface area contributed by atoms with Crippen LogP contribution in [0.25, 0.3) is 0 Å². The normalized spacial score (nSPS) is 25.7. The van der Waals surface area contributed by atoms with E-state index in [-0.39, 0.29) is 12.0 Å². The number of piperidine rings is 1. The Balaban J connectivity index is 2.10. The molecule has 0 amide bonds. The smallest absolute Gasteiger partial charge is 0.0595 e. The molecule has 88 valence electrons. The maximum Gasteiger partial charge on any atom is 0.0595 e. The molecule has 2 N–H and O–H groups in total. The first-order valence-corrected chi connectivity index (χ1v) is 6.66. The highest BCUT2D eigenvalue weighted by atomic mass is 79.9. The summed E-state index contributed by atoms with van der Waals surface area (Å²) in [5.41, 5.74) is 1.10. The van der Waals surface area contributed by atoms with Gasteiger partial charge in [-0.25, -0.2) is 0 Å². The lowest BCUT2D eigenvalue weighted by atomic mass is 9.90. The predicted octanol–water partition coefficient (Wildman–Crippen LogP) is 2.62. The van der Waals surface area contributed by atoms with Crippen LogP contribution in [0.5, 0.6) is 0 Å². The summed E-state index contributed by atoms with van der Waals surface area (Å²) in [5.74, 6) is 0.264. The maximum absolute atomic E-state index is 9.90. The van der Waals surface area contributed by atoms with Gasteiger partial charge in [0, 0.05) is 22.0 Å². The number of aliphatic hydroxyl groups is 1. The molecule has 1 aliphatic rings. The van der Waals surface area contributed by atoms with Crippen molar-refractivity contribution < 1.29 is 5.11 Å². The second kappa shape index (κ2) is 5.50. The quantitative estimate of drug-likeness (QED) is 0.880. The monoisotopic (exact) mass is 303 g/mol. The summed E-state index contributed by atoms with van der Waals surface area (Å²) in [7, 11) is 0. The molecule has 16 heavy (non-hydrogen) atoms. The number of hydrogen-bond acceptors (Lipinski definition) is 2. The first kappa shape index (κ1) is 12.4. The van der Waals surface area contributed by atoms with Crippen LogP contribution in [-0.4, -0.2) is 24.3 Å². The third-order valence-electron chi connectivity index (χ3n) is 3.06. The van der Waals surface area contributed by atoms with Gasteiger partial charge in [-0.1, -0.05) is 27.5 Å². The van der Waals surface area contributed by atoms with Crippen molar-refractivity contribution in [3.63, 3.8) is 0 Å². The molecule has 1 saturated heterocycles. The van der Waals surface area contributed by atoms with Crippen LogP contribution in [0.15, 0.2) is 22.7 Å². The Kier molecular flexibility index (Phi) is 4.25. The number of halogens is 2. The van der Waals surface area contributed by atoms with Gasteiger partial charge in [0.15, 0.2) is 0 Å². The number of aliphatic hydroxyl groups excluding tert-OH is 1. The molecule has 2 atom stereocenters. The molecule has 1 aromatic rings. The summed E-state index contributed by atoms with van der Waals surface area (Å²) in [6.07, 6.45) is 1.44. The number of benzene rings is 1. The fourth-order valence-electron chi connectivity index (χ4n) is 2.10. The molecular formula is C12H15BrClNO. The van der Waals surface area contributed by atoms with E-state index in [0.717, 1.165) is 41.0 Å². The minimum Gasteiger partial charge on any atom is -0.393 e. The van der Waals surface area contributed by atoms with Gasteiger partial charge in [-0.05, 0) is 43.1 Å². The van der Waals surface area contributed by atoms with Crippen LogP contribution in [-0.2, 0) is 6.42 Å². The summed E-state index contributed by atoms with van der Waals surface area (Å²) in [6.45, 7) is 1.77. The molecule has 1 heterocycles. The number of hydrogen-bond donors (Lipinski definition) is 2. The molecule has 0 bridgehead atoms. The van der Waals surface area contributed by atoms with Crippen molar-refractivity contribution in [2.24, 2.45) is 5.92 Å². The molecule has 0 unspecified atom stereocenters. The maximum atomic E-state index is 9.90. The summed E-state index contributed by atoms with van der Waals surface area (Å²) >= 11 is 9.58. The van der Waals surface area contributed by atoms with E-state index in [0.29, 0.717) is 0 Å². The van der Waals surface area contributed by atoms with Crippen LogP contribution in [0.1, 0.15) is 12.0 Å². The topological polar surface area (TPSA) is 32.3 Å². The molecule has 0 spiro atoms.